The first kappa shape index (κ1) is 11.5. The van der Waals surface area contributed by atoms with Crippen molar-refractivity contribution < 1.29 is 0 Å². The monoisotopic (exact) mass is 239 g/mol. The van der Waals surface area contributed by atoms with E-state index in [0.717, 1.165) is 4.99 Å². The van der Waals surface area contributed by atoms with Gasteiger partial charge in [-0.05, 0) is 20.8 Å². The maximum Gasteiger partial charge on any atom is 0.131 e. The molecule has 0 aromatic heterocycles. The molecule has 2 unspecified atom stereocenters. The Kier molecular flexibility index (Phi) is 2.89. The van der Waals surface area contributed by atoms with Crippen molar-refractivity contribution in [2.75, 3.05) is 0 Å². The Morgan fingerprint density at radius 1 is 1.38 bits per heavy atom. The second kappa shape index (κ2) is 3.25. The fourth-order valence-electron chi connectivity index (χ4n) is 1.33. The highest BCUT2D eigenvalue weighted by atomic mass is 35.5. The molecule has 76 valence electrons. The van der Waals surface area contributed by atoms with Gasteiger partial charge in [0.15, 0.2) is 0 Å². The average molecular weight is 240 g/mol. The Morgan fingerprint density at radius 3 is 2.00 bits per heavy atom. The normalized spacial score (nSPS) is 31.2. The van der Waals surface area contributed by atoms with Crippen molar-refractivity contribution in [3.8, 4) is 0 Å². The van der Waals surface area contributed by atoms with Crippen LogP contribution in [0.15, 0.2) is 0 Å². The van der Waals surface area contributed by atoms with Gasteiger partial charge < -0.3 is 5.32 Å². The van der Waals surface area contributed by atoms with Crippen LogP contribution in [0, 0.1) is 11.8 Å². The quantitative estimate of drug-likeness (QED) is 0.558. The number of nitrogens with one attached hydrogen (secondary N) is 1. The van der Waals surface area contributed by atoms with Gasteiger partial charge in [0.2, 0.25) is 0 Å². The molecule has 1 rings (SSSR count). The molecule has 0 saturated heterocycles. The summed E-state index contributed by atoms with van der Waals surface area (Å²) in [6, 6.07) is 0. The van der Waals surface area contributed by atoms with E-state index in [1.807, 2.05) is 6.92 Å². The van der Waals surface area contributed by atoms with Crippen molar-refractivity contribution in [3.63, 3.8) is 0 Å². The molecule has 0 radical (unpaired) electrons. The van der Waals surface area contributed by atoms with Crippen LogP contribution in [0.5, 0.6) is 0 Å². The van der Waals surface area contributed by atoms with E-state index in [1.54, 1.807) is 0 Å². The summed E-state index contributed by atoms with van der Waals surface area (Å²) in [5.41, 5.74) is -0.0107. The van der Waals surface area contributed by atoms with Gasteiger partial charge in [-0.3, -0.25) is 0 Å². The number of rotatable bonds is 1. The number of halogens is 2. The second-order valence-corrected chi connectivity index (χ2v) is 6.56. The summed E-state index contributed by atoms with van der Waals surface area (Å²) < 4.78 is -0.644. The van der Waals surface area contributed by atoms with Crippen LogP contribution in [-0.2, 0) is 0 Å². The molecule has 2 atom stereocenters. The minimum Gasteiger partial charge on any atom is -0.375 e. The molecule has 1 N–H and O–H groups in total. The van der Waals surface area contributed by atoms with E-state index >= 15 is 0 Å². The maximum absolute atomic E-state index is 6.02. The minimum atomic E-state index is -0.644. The number of alkyl halides is 2. The van der Waals surface area contributed by atoms with Gasteiger partial charge in [0.05, 0.1) is 4.99 Å². The molecule has 0 aliphatic heterocycles. The summed E-state index contributed by atoms with van der Waals surface area (Å²) in [4.78, 5) is 0.782. The number of hydrogen-bond acceptors (Lipinski definition) is 1. The van der Waals surface area contributed by atoms with Crippen LogP contribution in [-0.4, -0.2) is 14.9 Å². The molecule has 0 bridgehead atoms. The van der Waals surface area contributed by atoms with Gasteiger partial charge in [0.25, 0.3) is 0 Å². The van der Waals surface area contributed by atoms with E-state index in [2.05, 4.69) is 26.1 Å². The second-order valence-electron chi connectivity index (χ2n) is 4.68. The highest BCUT2D eigenvalue weighted by Crippen LogP contribution is 2.59. The third kappa shape index (κ3) is 2.48. The molecule has 0 heterocycles. The Hall–Kier alpha value is 0.470. The average Bonchev–Trinajstić information content (AvgIpc) is 2.27. The molecular weight excluding hydrogens is 225 g/mol. The first-order chi connectivity index (χ1) is 5.66. The van der Waals surface area contributed by atoms with Crippen molar-refractivity contribution in [3.05, 3.63) is 0 Å². The van der Waals surface area contributed by atoms with Crippen LogP contribution in [0.25, 0.3) is 0 Å². The predicted molar refractivity (Wildman–Crippen MR) is 62.6 cm³/mol. The van der Waals surface area contributed by atoms with E-state index in [4.69, 9.17) is 35.4 Å². The zero-order valence-electron chi connectivity index (χ0n) is 8.32. The minimum absolute atomic E-state index is 0.0107. The van der Waals surface area contributed by atoms with Crippen molar-refractivity contribution >= 4 is 40.4 Å². The van der Waals surface area contributed by atoms with Gasteiger partial charge in [-0.2, -0.15) is 0 Å². The van der Waals surface area contributed by atoms with E-state index in [0.29, 0.717) is 0 Å². The van der Waals surface area contributed by atoms with E-state index in [9.17, 15) is 0 Å². The van der Waals surface area contributed by atoms with Crippen molar-refractivity contribution in [1.82, 2.24) is 5.32 Å². The summed E-state index contributed by atoms with van der Waals surface area (Å²) in [6.07, 6.45) is 0. The molecule has 1 fully saturated rings. The van der Waals surface area contributed by atoms with Crippen LogP contribution in [0.4, 0.5) is 0 Å². The molecule has 0 amide bonds. The zero-order chi connectivity index (χ0) is 10.4. The molecular formula is C9H15Cl2NS. The maximum atomic E-state index is 6.02. The molecule has 1 saturated carbocycles. The molecule has 0 aromatic carbocycles. The van der Waals surface area contributed by atoms with Crippen molar-refractivity contribution in [2.24, 2.45) is 11.8 Å². The molecule has 4 heteroatoms. The smallest absolute Gasteiger partial charge is 0.131 e. The predicted octanol–water partition coefficient (Wildman–Crippen LogP) is 3.14. The fraction of sp³-hybridized carbons (Fsp3) is 0.889. The van der Waals surface area contributed by atoms with Crippen LogP contribution in [0.1, 0.15) is 27.7 Å². The summed E-state index contributed by atoms with van der Waals surface area (Å²) in [5.74, 6) is 0.378. The third-order valence-electron chi connectivity index (χ3n) is 2.19. The van der Waals surface area contributed by atoms with Gasteiger partial charge in [0.1, 0.15) is 4.33 Å². The first-order valence-electron chi connectivity index (χ1n) is 4.36. The van der Waals surface area contributed by atoms with E-state index < -0.39 is 4.33 Å². The van der Waals surface area contributed by atoms with E-state index in [-0.39, 0.29) is 17.4 Å². The molecule has 1 nitrogen and oxygen atoms in total. The van der Waals surface area contributed by atoms with E-state index in [1.165, 1.54) is 0 Å². The SMILES string of the molecule is CC1C(C(=S)NC(C)(C)C)C1(Cl)Cl. The lowest BCUT2D eigenvalue weighted by molar-refractivity contribution is 0.508. The Morgan fingerprint density at radius 2 is 1.77 bits per heavy atom. The highest BCUT2D eigenvalue weighted by molar-refractivity contribution is 7.80. The molecule has 1 aliphatic carbocycles. The molecule has 1 aliphatic rings. The fourth-order valence-corrected chi connectivity index (χ4v) is 2.88. The largest absolute Gasteiger partial charge is 0.375 e. The molecule has 0 spiro atoms. The first-order valence-corrected chi connectivity index (χ1v) is 5.52. The highest BCUT2D eigenvalue weighted by Gasteiger charge is 2.62. The lowest BCUT2D eigenvalue weighted by Crippen LogP contribution is -2.41. The van der Waals surface area contributed by atoms with Gasteiger partial charge in [0, 0.05) is 17.4 Å². The Balaban J connectivity index is 2.54. The topological polar surface area (TPSA) is 12.0 Å². The molecule has 13 heavy (non-hydrogen) atoms. The summed E-state index contributed by atoms with van der Waals surface area (Å²) in [6.45, 7) is 8.21. The number of hydrogen-bond donors (Lipinski definition) is 1. The van der Waals surface area contributed by atoms with Gasteiger partial charge in [-0.25, -0.2) is 0 Å². The third-order valence-corrected chi connectivity index (χ3v) is 3.71. The lowest BCUT2D eigenvalue weighted by Gasteiger charge is -2.22. The number of thiocarbonyl (C=S) groups is 1. The van der Waals surface area contributed by atoms with Crippen LogP contribution >= 0.6 is 35.4 Å². The summed E-state index contributed by atoms with van der Waals surface area (Å²) in [7, 11) is 0. The lowest BCUT2D eigenvalue weighted by atomic mass is 10.1. The standard InChI is InChI=1S/C9H15Cl2NS/c1-5-6(9(5,10)11)7(13)12-8(2,3)4/h5-6H,1-4H3,(H,12,13). The molecule has 0 aromatic rings. The zero-order valence-corrected chi connectivity index (χ0v) is 10.6. The summed E-state index contributed by atoms with van der Waals surface area (Å²) in [5, 5.41) is 3.23. The Labute approximate surface area is 95.2 Å². The van der Waals surface area contributed by atoms with Crippen molar-refractivity contribution in [1.29, 1.82) is 0 Å². The van der Waals surface area contributed by atoms with Gasteiger partial charge in [-0.15, -0.1) is 23.2 Å². The Bertz CT molecular complexity index is 232. The van der Waals surface area contributed by atoms with Crippen LogP contribution < -0.4 is 5.32 Å². The summed E-state index contributed by atoms with van der Waals surface area (Å²) >= 11 is 17.3. The van der Waals surface area contributed by atoms with Crippen molar-refractivity contribution in [2.45, 2.75) is 37.6 Å². The van der Waals surface area contributed by atoms with Crippen LogP contribution in [0.3, 0.4) is 0 Å². The van der Waals surface area contributed by atoms with Gasteiger partial charge >= 0.3 is 0 Å². The van der Waals surface area contributed by atoms with Crippen LogP contribution in [0.2, 0.25) is 0 Å². The van der Waals surface area contributed by atoms with Gasteiger partial charge in [-0.1, -0.05) is 19.1 Å².